The molecule has 4 heterocycles. The van der Waals surface area contributed by atoms with Crippen LogP contribution in [0.1, 0.15) is 45.5 Å². The van der Waals surface area contributed by atoms with Crippen LogP contribution in [0.25, 0.3) is 43.1 Å². The van der Waals surface area contributed by atoms with Gasteiger partial charge in [-0.15, -0.1) is 47.9 Å². The summed E-state index contributed by atoms with van der Waals surface area (Å²) in [5.74, 6) is -2.44. The van der Waals surface area contributed by atoms with Gasteiger partial charge < -0.3 is 30.1 Å². The summed E-state index contributed by atoms with van der Waals surface area (Å²) in [5.41, 5.74) is 6.86. The molecule has 4 aromatic heterocycles. The first-order valence-corrected chi connectivity index (χ1v) is 19.9. The fourth-order valence-corrected chi connectivity index (χ4v) is 5.85. The van der Waals surface area contributed by atoms with E-state index < -0.39 is 50.2 Å². The van der Waals surface area contributed by atoms with Gasteiger partial charge in [0.25, 0.3) is 0 Å². The van der Waals surface area contributed by atoms with Crippen LogP contribution in [-0.2, 0) is 43.6 Å². The lowest BCUT2D eigenvalue weighted by molar-refractivity contribution is -0.137. The Morgan fingerprint density at radius 1 is 0.741 bits per heavy atom. The molecular weight excluding hydrogens is 848 g/mol. The van der Waals surface area contributed by atoms with Crippen LogP contribution < -0.4 is 22.3 Å². The van der Waals surface area contributed by atoms with Gasteiger partial charge in [0.1, 0.15) is 27.0 Å². The summed E-state index contributed by atoms with van der Waals surface area (Å²) < 4.78 is 74.2. The van der Waals surface area contributed by atoms with Crippen molar-refractivity contribution in [2.45, 2.75) is 47.0 Å². The summed E-state index contributed by atoms with van der Waals surface area (Å²) in [6.07, 6.45) is 1.73. The number of carbonyl (C=O) groups is 2. The van der Waals surface area contributed by atoms with E-state index >= 15 is 0 Å². The number of hydrogen-bond donors (Lipinski definition) is 4. The van der Waals surface area contributed by atoms with Crippen molar-refractivity contribution in [3.05, 3.63) is 97.3 Å². The minimum absolute atomic E-state index is 0. The first-order valence-electron chi connectivity index (χ1n) is 16.1. The standard InChI is InChI=1S/C17H16N2O4S.C14H8FNO4S.C3H9N.CH4.2O3S/c1-2-5-18-11-4-3-10-6-13(17(22)23-14(10)7-11)16-19-12(9-24-16)8-15(20)21;15-8-2-1-7-3-10(14(19)20-11(7)4-8)13-16-9(6-21-13)5-12(17)18;1-2-3-4;;2*1-4(2)3/h3-4,6-7,9,18H,2,5,8H2,1H3,(H,20,21);1-4,6H,5H2,(H,17,18);2-4H2,1H3;1H4;;. The van der Waals surface area contributed by atoms with Crippen molar-refractivity contribution in [2.75, 3.05) is 18.4 Å². The zero-order valence-corrected chi connectivity index (χ0v) is 33.1. The summed E-state index contributed by atoms with van der Waals surface area (Å²) >= 11 is 2.40. The molecule has 2 aromatic carbocycles. The highest BCUT2D eigenvalue weighted by Crippen LogP contribution is 2.27. The van der Waals surface area contributed by atoms with Crippen molar-refractivity contribution < 1.29 is 58.3 Å². The monoisotopic (exact) mass is 884 g/mol. The van der Waals surface area contributed by atoms with E-state index in [0.717, 1.165) is 54.4 Å². The Balaban J connectivity index is 0.000000450. The van der Waals surface area contributed by atoms with Gasteiger partial charge in [-0.3, -0.25) is 9.59 Å². The molecule has 0 aliphatic heterocycles. The molecule has 6 aromatic rings. The third kappa shape index (κ3) is 17.4. The molecule has 6 rings (SSSR count). The molecule has 0 saturated heterocycles. The van der Waals surface area contributed by atoms with Crippen molar-refractivity contribution in [3.63, 3.8) is 0 Å². The maximum atomic E-state index is 13.1. The van der Waals surface area contributed by atoms with Crippen molar-refractivity contribution in [3.8, 4) is 21.1 Å². The molecule has 0 saturated carbocycles. The molecular formula is C35H37FN4O14S4. The van der Waals surface area contributed by atoms with E-state index in [1.807, 2.05) is 12.1 Å². The predicted octanol–water partition coefficient (Wildman–Crippen LogP) is 5.03. The quantitative estimate of drug-likeness (QED) is 0.131. The summed E-state index contributed by atoms with van der Waals surface area (Å²) in [5, 5.41) is 26.2. The number of nitrogens with zero attached hydrogens (tertiary/aromatic N) is 2. The van der Waals surface area contributed by atoms with E-state index in [0.29, 0.717) is 37.9 Å². The topological polar surface area (TPSA) is 301 Å². The van der Waals surface area contributed by atoms with Crippen LogP contribution in [0, 0.1) is 5.82 Å². The Kier molecular flexibility index (Phi) is 21.8. The number of carboxylic acid groups (broad SMARTS) is 2. The highest BCUT2D eigenvalue weighted by atomic mass is 32.2. The van der Waals surface area contributed by atoms with Gasteiger partial charge >= 0.3 is 44.4 Å². The number of thiazole rings is 2. The maximum absolute atomic E-state index is 13.1. The first kappa shape index (κ1) is 50.0. The SMILES string of the molecule is C.CCCN.CCCNc1ccc2cc(-c3nc(CC(=O)O)cs3)c(=O)oc2c1.O=C(O)Cc1csc(-c2cc3ccc(F)cc3oc2=O)n1.O=S(=O)=O.O=S(=O)=O. The molecule has 312 valence electrons. The number of halogens is 1. The number of nitrogens with one attached hydrogen (secondary N) is 1. The number of nitrogens with two attached hydrogens (primary N) is 1. The van der Waals surface area contributed by atoms with Gasteiger partial charge in [-0.25, -0.2) is 23.9 Å². The third-order valence-electron chi connectivity index (χ3n) is 6.53. The fourth-order valence-electron chi connectivity index (χ4n) is 4.21. The Labute approximate surface area is 340 Å². The van der Waals surface area contributed by atoms with Gasteiger partial charge in [-0.05, 0) is 55.8 Å². The molecule has 0 unspecified atom stereocenters. The Morgan fingerprint density at radius 3 is 1.55 bits per heavy atom. The van der Waals surface area contributed by atoms with Crippen LogP contribution in [-0.4, -0.2) is 70.5 Å². The van der Waals surface area contributed by atoms with Crippen LogP contribution in [0.3, 0.4) is 0 Å². The maximum Gasteiger partial charge on any atom is 0.425 e. The molecule has 0 radical (unpaired) electrons. The zero-order valence-electron chi connectivity index (χ0n) is 29.8. The van der Waals surface area contributed by atoms with Crippen LogP contribution in [0.2, 0.25) is 0 Å². The van der Waals surface area contributed by atoms with Crippen LogP contribution in [0.5, 0.6) is 0 Å². The number of carboxylic acids is 2. The molecule has 0 atom stereocenters. The van der Waals surface area contributed by atoms with Gasteiger partial charge in [0, 0.05) is 45.9 Å². The number of benzene rings is 2. The van der Waals surface area contributed by atoms with E-state index in [2.05, 4.69) is 29.1 Å². The van der Waals surface area contributed by atoms with Crippen molar-refractivity contribution >= 4 is 83.5 Å². The number of aromatic nitrogens is 2. The second kappa shape index (κ2) is 25.3. The van der Waals surface area contributed by atoms with Crippen molar-refractivity contribution in [1.29, 1.82) is 0 Å². The van der Waals surface area contributed by atoms with E-state index in [1.54, 1.807) is 29.0 Å². The molecule has 0 aliphatic rings. The van der Waals surface area contributed by atoms with Gasteiger partial charge in [-0.1, -0.05) is 21.3 Å². The van der Waals surface area contributed by atoms with Crippen molar-refractivity contribution in [2.24, 2.45) is 5.73 Å². The number of fused-ring (bicyclic) bond motifs is 2. The number of rotatable bonds is 10. The normalized spacial score (nSPS) is 9.79. The molecule has 18 nitrogen and oxygen atoms in total. The molecule has 5 N–H and O–H groups in total. The molecule has 58 heavy (non-hydrogen) atoms. The van der Waals surface area contributed by atoms with Crippen LogP contribution in [0.4, 0.5) is 10.1 Å². The lowest BCUT2D eigenvalue weighted by Crippen LogP contribution is -2.04. The minimum atomic E-state index is -3.11. The zero-order chi connectivity index (χ0) is 42.7. The number of hydrogen-bond acceptors (Lipinski definition) is 18. The van der Waals surface area contributed by atoms with Gasteiger partial charge in [-0.2, -0.15) is 0 Å². The summed E-state index contributed by atoms with van der Waals surface area (Å²) in [7, 11) is -6.22. The number of anilines is 1. The predicted molar refractivity (Wildman–Crippen MR) is 214 cm³/mol. The highest BCUT2D eigenvalue weighted by molar-refractivity contribution is 7.59. The average molecular weight is 885 g/mol. The smallest absolute Gasteiger partial charge is 0.425 e. The largest absolute Gasteiger partial charge is 0.481 e. The Hall–Kier alpha value is -6.01. The first-order chi connectivity index (χ1) is 27.0. The van der Waals surface area contributed by atoms with Gasteiger partial charge in [0.05, 0.1) is 35.4 Å². The van der Waals surface area contributed by atoms with Crippen LogP contribution >= 0.6 is 22.7 Å². The Bertz CT molecular complexity index is 2620. The van der Waals surface area contributed by atoms with E-state index in [-0.39, 0.29) is 31.4 Å². The number of aliphatic carboxylic acids is 2. The summed E-state index contributed by atoms with van der Waals surface area (Å²) in [6.45, 7) is 5.80. The summed E-state index contributed by atoms with van der Waals surface area (Å²) in [6, 6.07) is 12.8. The summed E-state index contributed by atoms with van der Waals surface area (Å²) in [4.78, 5) is 53.9. The highest BCUT2D eigenvalue weighted by Gasteiger charge is 2.15. The van der Waals surface area contributed by atoms with Gasteiger partial charge in [0.15, 0.2) is 0 Å². The fraction of sp³-hybridized carbons (Fsp3) is 0.257. The Morgan fingerprint density at radius 2 is 1.16 bits per heavy atom. The van der Waals surface area contributed by atoms with Crippen LogP contribution in [0.15, 0.2) is 77.7 Å². The molecule has 0 bridgehead atoms. The molecule has 0 amide bonds. The van der Waals surface area contributed by atoms with Gasteiger partial charge in [0.2, 0.25) is 0 Å². The minimum Gasteiger partial charge on any atom is -0.481 e. The third-order valence-corrected chi connectivity index (χ3v) is 8.38. The van der Waals surface area contributed by atoms with Crippen molar-refractivity contribution in [1.82, 2.24) is 9.97 Å². The lowest BCUT2D eigenvalue weighted by atomic mass is 10.1. The van der Waals surface area contributed by atoms with E-state index in [9.17, 15) is 23.6 Å². The molecule has 0 fully saturated rings. The molecule has 0 spiro atoms. The average Bonchev–Trinajstić information content (AvgIpc) is 3.79. The molecule has 0 aliphatic carbocycles. The second-order valence-electron chi connectivity index (χ2n) is 10.9. The lowest BCUT2D eigenvalue weighted by Gasteiger charge is -2.06. The second-order valence-corrected chi connectivity index (χ2v) is 13.4. The van der Waals surface area contributed by atoms with E-state index in [1.165, 1.54) is 23.5 Å². The molecule has 23 heteroatoms. The van der Waals surface area contributed by atoms with E-state index in [4.69, 9.17) is 50.0 Å².